The lowest BCUT2D eigenvalue weighted by molar-refractivity contribution is -0.146. The van der Waals surface area contributed by atoms with Crippen LogP contribution in [-0.4, -0.2) is 38.4 Å². The largest absolute Gasteiger partial charge is 0.466 e. The number of carbonyl (C=O) groups excluding carboxylic acids is 1. The van der Waals surface area contributed by atoms with Gasteiger partial charge in [-0.1, -0.05) is 20.8 Å². The molecule has 0 atom stereocenters. The van der Waals surface area contributed by atoms with Gasteiger partial charge in [-0.3, -0.25) is 4.79 Å². The molecule has 0 aromatic rings. The first-order chi connectivity index (χ1) is 8.47. The quantitative estimate of drug-likeness (QED) is 0.740. The molecule has 1 aliphatic rings. The first kappa shape index (κ1) is 15.4. The summed E-state index contributed by atoms with van der Waals surface area (Å²) in [7, 11) is 0. The van der Waals surface area contributed by atoms with Gasteiger partial charge in [0.15, 0.2) is 0 Å². The van der Waals surface area contributed by atoms with Crippen LogP contribution in [0.3, 0.4) is 0 Å². The highest BCUT2D eigenvalue weighted by Crippen LogP contribution is 2.18. The van der Waals surface area contributed by atoms with Gasteiger partial charge < -0.3 is 14.8 Å². The van der Waals surface area contributed by atoms with E-state index in [0.717, 1.165) is 32.4 Å². The predicted octanol–water partition coefficient (Wildman–Crippen LogP) is 2.12. The van der Waals surface area contributed by atoms with Crippen LogP contribution in [0, 0.1) is 5.41 Å². The van der Waals surface area contributed by atoms with Crippen LogP contribution in [0.4, 0.5) is 0 Å². The van der Waals surface area contributed by atoms with Gasteiger partial charge in [0.05, 0.1) is 25.7 Å². The number of esters is 1. The van der Waals surface area contributed by atoms with Crippen LogP contribution in [0.2, 0.25) is 0 Å². The lowest BCUT2D eigenvalue weighted by Crippen LogP contribution is -2.32. The number of hydrogen-bond acceptors (Lipinski definition) is 4. The molecule has 0 bridgehead atoms. The summed E-state index contributed by atoms with van der Waals surface area (Å²) >= 11 is 0. The fourth-order valence-electron chi connectivity index (χ4n) is 1.81. The van der Waals surface area contributed by atoms with E-state index in [9.17, 15) is 4.79 Å². The molecule has 1 N–H and O–H groups in total. The van der Waals surface area contributed by atoms with Crippen molar-refractivity contribution in [1.82, 2.24) is 5.32 Å². The highest BCUT2D eigenvalue weighted by Gasteiger charge is 2.14. The maximum Gasteiger partial charge on any atom is 0.308 e. The number of rotatable bonds is 6. The lowest BCUT2D eigenvalue weighted by Gasteiger charge is -2.22. The number of carbonyl (C=O) groups is 1. The van der Waals surface area contributed by atoms with Crippen LogP contribution >= 0.6 is 0 Å². The molecule has 1 heterocycles. The molecule has 0 aromatic carbocycles. The molecule has 1 aliphatic heterocycles. The summed E-state index contributed by atoms with van der Waals surface area (Å²) in [5.41, 5.74) is 0.214. The Labute approximate surface area is 110 Å². The van der Waals surface area contributed by atoms with Crippen LogP contribution in [0.1, 0.15) is 46.5 Å². The van der Waals surface area contributed by atoms with E-state index < -0.39 is 0 Å². The summed E-state index contributed by atoms with van der Waals surface area (Å²) in [5.74, 6) is -0.145. The van der Waals surface area contributed by atoms with Crippen molar-refractivity contribution in [3.05, 3.63) is 0 Å². The SMILES string of the molecule is CC(C)(C)CCOC(=O)CCOC1CCNCC1. The number of nitrogens with one attached hydrogen (secondary N) is 1. The Kier molecular flexibility index (Phi) is 6.65. The average molecular weight is 257 g/mol. The third kappa shape index (κ3) is 7.67. The molecule has 4 nitrogen and oxygen atoms in total. The molecule has 106 valence electrons. The van der Waals surface area contributed by atoms with Crippen molar-refractivity contribution in [2.45, 2.75) is 52.6 Å². The topological polar surface area (TPSA) is 47.6 Å². The molecule has 1 fully saturated rings. The van der Waals surface area contributed by atoms with Crippen LogP contribution in [0.25, 0.3) is 0 Å². The molecule has 0 amide bonds. The standard InChI is InChI=1S/C14H27NO3/c1-14(2,3)7-11-18-13(16)6-10-17-12-4-8-15-9-5-12/h12,15H,4-11H2,1-3H3. The van der Waals surface area contributed by atoms with Crippen molar-refractivity contribution in [3.8, 4) is 0 Å². The van der Waals surface area contributed by atoms with Gasteiger partial charge in [0.1, 0.15) is 0 Å². The molecule has 4 heteroatoms. The minimum atomic E-state index is -0.145. The Morgan fingerprint density at radius 1 is 1.22 bits per heavy atom. The summed E-state index contributed by atoms with van der Waals surface area (Å²) in [6.07, 6.45) is 3.66. The minimum Gasteiger partial charge on any atom is -0.466 e. The zero-order valence-corrected chi connectivity index (χ0v) is 12.0. The van der Waals surface area contributed by atoms with Crippen LogP contribution in [-0.2, 0) is 14.3 Å². The van der Waals surface area contributed by atoms with Crippen molar-refractivity contribution in [2.24, 2.45) is 5.41 Å². The van der Waals surface area contributed by atoms with Crippen LogP contribution < -0.4 is 5.32 Å². The second-order valence-electron chi connectivity index (χ2n) is 6.10. The molecule has 0 aliphatic carbocycles. The summed E-state index contributed by atoms with van der Waals surface area (Å²) in [5, 5.41) is 3.28. The Morgan fingerprint density at radius 3 is 2.50 bits per heavy atom. The Morgan fingerprint density at radius 2 is 1.89 bits per heavy atom. The summed E-state index contributed by atoms with van der Waals surface area (Å²) in [6, 6.07) is 0. The first-order valence-corrected chi connectivity index (χ1v) is 6.95. The second-order valence-corrected chi connectivity index (χ2v) is 6.10. The Hall–Kier alpha value is -0.610. The molecule has 1 saturated heterocycles. The molecule has 1 rings (SSSR count). The van der Waals surface area contributed by atoms with Crippen molar-refractivity contribution in [3.63, 3.8) is 0 Å². The van der Waals surface area contributed by atoms with E-state index in [1.54, 1.807) is 0 Å². The fourth-order valence-corrected chi connectivity index (χ4v) is 1.81. The third-order valence-electron chi connectivity index (χ3n) is 3.06. The predicted molar refractivity (Wildman–Crippen MR) is 71.5 cm³/mol. The van der Waals surface area contributed by atoms with E-state index in [2.05, 4.69) is 26.1 Å². The van der Waals surface area contributed by atoms with Gasteiger partial charge in [0.25, 0.3) is 0 Å². The van der Waals surface area contributed by atoms with Gasteiger partial charge >= 0.3 is 5.97 Å². The third-order valence-corrected chi connectivity index (χ3v) is 3.06. The molecular weight excluding hydrogens is 230 g/mol. The second kappa shape index (κ2) is 7.74. The van der Waals surface area contributed by atoms with Gasteiger partial charge in [-0.2, -0.15) is 0 Å². The average Bonchev–Trinajstić information content (AvgIpc) is 2.28. The zero-order chi connectivity index (χ0) is 13.4. The number of hydrogen-bond donors (Lipinski definition) is 1. The van der Waals surface area contributed by atoms with E-state index in [1.165, 1.54) is 0 Å². The Bertz CT molecular complexity index is 242. The van der Waals surface area contributed by atoms with Crippen molar-refractivity contribution < 1.29 is 14.3 Å². The zero-order valence-electron chi connectivity index (χ0n) is 12.0. The van der Waals surface area contributed by atoms with Gasteiger partial charge in [0.2, 0.25) is 0 Å². The Balaban J connectivity index is 1.99. The van der Waals surface area contributed by atoms with E-state index >= 15 is 0 Å². The maximum atomic E-state index is 11.5. The monoisotopic (exact) mass is 257 g/mol. The first-order valence-electron chi connectivity index (χ1n) is 6.95. The van der Waals surface area contributed by atoms with E-state index in [1.807, 2.05) is 0 Å². The molecule has 0 spiro atoms. The minimum absolute atomic E-state index is 0.145. The van der Waals surface area contributed by atoms with Gasteiger partial charge in [-0.05, 0) is 37.8 Å². The summed E-state index contributed by atoms with van der Waals surface area (Å²) in [6.45, 7) is 9.44. The summed E-state index contributed by atoms with van der Waals surface area (Å²) < 4.78 is 10.8. The smallest absolute Gasteiger partial charge is 0.308 e. The highest BCUT2D eigenvalue weighted by atomic mass is 16.5. The van der Waals surface area contributed by atoms with Crippen molar-refractivity contribution >= 4 is 5.97 Å². The maximum absolute atomic E-state index is 11.5. The molecular formula is C14H27NO3. The van der Waals surface area contributed by atoms with Gasteiger partial charge in [-0.15, -0.1) is 0 Å². The lowest BCUT2D eigenvalue weighted by atomic mass is 9.93. The number of piperidine rings is 1. The van der Waals surface area contributed by atoms with Crippen LogP contribution in [0.15, 0.2) is 0 Å². The molecule has 0 aromatic heterocycles. The fraction of sp³-hybridized carbons (Fsp3) is 0.929. The van der Waals surface area contributed by atoms with Crippen LogP contribution in [0.5, 0.6) is 0 Å². The number of ether oxygens (including phenoxy) is 2. The van der Waals surface area contributed by atoms with Crippen molar-refractivity contribution in [1.29, 1.82) is 0 Å². The molecule has 0 saturated carbocycles. The van der Waals surface area contributed by atoms with Gasteiger partial charge in [-0.25, -0.2) is 0 Å². The van der Waals surface area contributed by atoms with Crippen molar-refractivity contribution in [2.75, 3.05) is 26.3 Å². The molecule has 0 radical (unpaired) electrons. The van der Waals surface area contributed by atoms with E-state index in [4.69, 9.17) is 9.47 Å². The van der Waals surface area contributed by atoms with Gasteiger partial charge in [0, 0.05) is 0 Å². The van der Waals surface area contributed by atoms with E-state index in [-0.39, 0.29) is 11.4 Å². The normalized spacial score (nSPS) is 17.7. The molecule has 0 unspecified atom stereocenters. The van der Waals surface area contributed by atoms with E-state index in [0.29, 0.717) is 25.7 Å². The highest BCUT2D eigenvalue weighted by molar-refractivity contribution is 5.69. The molecule has 18 heavy (non-hydrogen) atoms. The summed E-state index contributed by atoms with van der Waals surface area (Å²) in [4.78, 5) is 11.5.